The van der Waals surface area contributed by atoms with Gasteiger partial charge in [-0.3, -0.25) is 14.9 Å². The minimum absolute atomic E-state index is 0.160. The van der Waals surface area contributed by atoms with Crippen molar-refractivity contribution < 1.29 is 28.6 Å². The molecule has 0 bridgehead atoms. The minimum atomic E-state index is -0.801. The molecule has 0 unspecified atom stereocenters. The van der Waals surface area contributed by atoms with E-state index in [0.717, 1.165) is 24.2 Å². The van der Waals surface area contributed by atoms with E-state index in [1.807, 2.05) is 13.8 Å². The van der Waals surface area contributed by atoms with Crippen molar-refractivity contribution in [1.82, 2.24) is 5.32 Å². The van der Waals surface area contributed by atoms with E-state index in [1.165, 1.54) is 6.08 Å². The Hall–Kier alpha value is -3.81. The number of nitrogens with one attached hydrogen (secondary N) is 1. The Balaban J connectivity index is 1.86. The lowest BCUT2D eigenvalue weighted by Crippen LogP contribution is -2.54. The van der Waals surface area contributed by atoms with E-state index in [0.29, 0.717) is 48.3 Å². The van der Waals surface area contributed by atoms with Crippen molar-refractivity contribution in [3.63, 3.8) is 0 Å². The molecule has 4 amide bonds. The van der Waals surface area contributed by atoms with Gasteiger partial charge in [-0.2, -0.15) is 0 Å². The first-order valence-corrected chi connectivity index (χ1v) is 11.5. The van der Waals surface area contributed by atoms with Gasteiger partial charge in [-0.1, -0.05) is 26.3 Å². The molecule has 8 nitrogen and oxygen atoms in total. The van der Waals surface area contributed by atoms with E-state index in [4.69, 9.17) is 14.2 Å². The Kier molecular flexibility index (Phi) is 8.67. The number of carbonyl (C=O) groups excluding carboxylic acids is 3. The summed E-state index contributed by atoms with van der Waals surface area (Å²) in [6, 6.07) is 11.0. The van der Waals surface area contributed by atoms with E-state index >= 15 is 0 Å². The van der Waals surface area contributed by atoms with Crippen molar-refractivity contribution in [2.75, 3.05) is 24.7 Å². The van der Waals surface area contributed by atoms with Crippen molar-refractivity contribution in [1.29, 1.82) is 0 Å². The summed E-state index contributed by atoms with van der Waals surface area (Å²) in [5.41, 5.74) is 0.745. The average molecular weight is 467 g/mol. The van der Waals surface area contributed by atoms with Crippen LogP contribution in [0.5, 0.6) is 17.2 Å². The van der Waals surface area contributed by atoms with Crippen LogP contribution >= 0.6 is 0 Å². The van der Waals surface area contributed by atoms with Crippen molar-refractivity contribution in [2.24, 2.45) is 0 Å². The number of carbonyl (C=O) groups is 3. The van der Waals surface area contributed by atoms with Crippen LogP contribution in [0.1, 0.15) is 45.6 Å². The summed E-state index contributed by atoms with van der Waals surface area (Å²) >= 11 is 0. The molecule has 0 aliphatic carbocycles. The molecular weight excluding hydrogens is 436 g/mol. The Morgan fingerprint density at radius 1 is 0.853 bits per heavy atom. The number of anilines is 1. The highest BCUT2D eigenvalue weighted by molar-refractivity contribution is 6.39. The molecule has 8 heteroatoms. The van der Waals surface area contributed by atoms with Crippen LogP contribution in [0.2, 0.25) is 0 Å². The highest BCUT2D eigenvalue weighted by atomic mass is 16.5. The van der Waals surface area contributed by atoms with Crippen molar-refractivity contribution in [3.05, 3.63) is 53.6 Å². The zero-order valence-corrected chi connectivity index (χ0v) is 19.8. The number of hydrogen-bond donors (Lipinski definition) is 1. The van der Waals surface area contributed by atoms with Gasteiger partial charge in [0, 0.05) is 0 Å². The summed E-state index contributed by atoms with van der Waals surface area (Å²) in [5, 5.41) is 2.24. The predicted molar refractivity (Wildman–Crippen MR) is 129 cm³/mol. The lowest BCUT2D eigenvalue weighted by Gasteiger charge is -2.26. The third-order valence-electron chi connectivity index (χ3n) is 5.00. The van der Waals surface area contributed by atoms with E-state index in [2.05, 4.69) is 12.2 Å². The minimum Gasteiger partial charge on any atom is -0.494 e. The maximum atomic E-state index is 13.2. The van der Waals surface area contributed by atoms with Crippen LogP contribution in [0.15, 0.2) is 48.0 Å². The number of nitrogens with zero attached hydrogens (tertiary/aromatic N) is 1. The van der Waals surface area contributed by atoms with E-state index in [1.54, 1.807) is 42.5 Å². The maximum absolute atomic E-state index is 13.2. The topological polar surface area (TPSA) is 94.2 Å². The number of hydrogen-bond acceptors (Lipinski definition) is 6. The molecule has 2 aromatic carbocycles. The standard InChI is InChI=1S/C26H30N2O6/c1-4-7-15-33-20-11-9-19(10-12-20)28-25(30)21(24(29)27-26(28)31)16-18-8-13-22(34-14-5-2)23(17-18)32-6-3/h8-13,16-17H,4-7,14-15H2,1-3H3,(H,27,29,31)/b21-16-. The highest BCUT2D eigenvalue weighted by Crippen LogP contribution is 2.30. The normalized spacial score (nSPS) is 14.9. The summed E-state index contributed by atoms with van der Waals surface area (Å²) < 4.78 is 17.0. The quantitative estimate of drug-likeness (QED) is 0.293. The van der Waals surface area contributed by atoms with Crippen LogP contribution in [0, 0.1) is 0 Å². The molecule has 1 saturated heterocycles. The summed E-state index contributed by atoms with van der Waals surface area (Å²) in [7, 11) is 0. The van der Waals surface area contributed by atoms with Crippen molar-refractivity contribution >= 4 is 29.6 Å². The molecule has 2 aromatic rings. The Morgan fingerprint density at radius 3 is 2.29 bits per heavy atom. The third-order valence-corrected chi connectivity index (χ3v) is 5.00. The largest absolute Gasteiger partial charge is 0.494 e. The molecule has 0 atom stereocenters. The summed E-state index contributed by atoms with van der Waals surface area (Å²) in [5.74, 6) is 0.277. The number of rotatable bonds is 11. The first kappa shape index (κ1) is 24.8. The fourth-order valence-electron chi connectivity index (χ4n) is 3.30. The Morgan fingerprint density at radius 2 is 1.62 bits per heavy atom. The van der Waals surface area contributed by atoms with Crippen LogP contribution in [0.4, 0.5) is 10.5 Å². The second-order valence-corrected chi connectivity index (χ2v) is 7.64. The predicted octanol–water partition coefficient (Wildman–Crippen LogP) is 4.72. The molecule has 0 aromatic heterocycles. The van der Waals surface area contributed by atoms with Gasteiger partial charge in [-0.15, -0.1) is 0 Å². The number of benzene rings is 2. The molecule has 1 N–H and O–H groups in total. The number of ether oxygens (including phenoxy) is 3. The van der Waals surface area contributed by atoms with Crippen LogP contribution in [-0.2, 0) is 9.59 Å². The van der Waals surface area contributed by atoms with E-state index in [-0.39, 0.29) is 5.57 Å². The number of imide groups is 2. The molecule has 1 aliphatic heterocycles. The SMILES string of the molecule is CCCCOc1ccc(N2C(=O)NC(=O)/C(=C/c3ccc(OCCC)c(OCC)c3)C2=O)cc1. The van der Waals surface area contributed by atoms with Gasteiger partial charge in [0.1, 0.15) is 11.3 Å². The number of barbiturate groups is 1. The molecule has 34 heavy (non-hydrogen) atoms. The molecule has 3 rings (SSSR count). The Labute approximate surface area is 199 Å². The molecule has 1 heterocycles. The second kappa shape index (κ2) is 11.9. The second-order valence-electron chi connectivity index (χ2n) is 7.64. The number of unbranched alkanes of at least 4 members (excludes halogenated alkanes) is 1. The molecular formula is C26H30N2O6. The molecule has 0 spiro atoms. The lowest BCUT2D eigenvalue weighted by molar-refractivity contribution is -0.122. The van der Waals surface area contributed by atoms with Gasteiger partial charge < -0.3 is 14.2 Å². The van der Waals surface area contributed by atoms with Gasteiger partial charge in [-0.25, -0.2) is 9.69 Å². The smallest absolute Gasteiger partial charge is 0.335 e. The summed E-state index contributed by atoms with van der Waals surface area (Å²) in [4.78, 5) is 39.1. The van der Waals surface area contributed by atoms with Gasteiger partial charge >= 0.3 is 6.03 Å². The van der Waals surface area contributed by atoms with Crippen LogP contribution in [0.25, 0.3) is 6.08 Å². The maximum Gasteiger partial charge on any atom is 0.335 e. The summed E-state index contributed by atoms with van der Waals surface area (Å²) in [6.07, 6.45) is 4.24. The average Bonchev–Trinajstić information content (AvgIpc) is 2.82. The van der Waals surface area contributed by atoms with Crippen LogP contribution in [0.3, 0.4) is 0 Å². The monoisotopic (exact) mass is 466 g/mol. The molecule has 1 fully saturated rings. The van der Waals surface area contributed by atoms with Crippen molar-refractivity contribution in [2.45, 2.75) is 40.0 Å². The first-order chi connectivity index (χ1) is 16.5. The third kappa shape index (κ3) is 5.95. The van der Waals surface area contributed by atoms with Crippen LogP contribution < -0.4 is 24.4 Å². The number of urea groups is 1. The summed E-state index contributed by atoms with van der Waals surface area (Å²) in [6.45, 7) is 7.50. The fraction of sp³-hybridized carbons (Fsp3) is 0.346. The van der Waals surface area contributed by atoms with E-state index in [9.17, 15) is 14.4 Å². The lowest BCUT2D eigenvalue weighted by atomic mass is 10.1. The van der Waals surface area contributed by atoms with E-state index < -0.39 is 17.8 Å². The van der Waals surface area contributed by atoms with Gasteiger partial charge in [0.15, 0.2) is 11.5 Å². The van der Waals surface area contributed by atoms with Crippen LogP contribution in [-0.4, -0.2) is 37.7 Å². The highest BCUT2D eigenvalue weighted by Gasteiger charge is 2.36. The zero-order valence-electron chi connectivity index (χ0n) is 19.8. The van der Waals surface area contributed by atoms with Crippen molar-refractivity contribution in [3.8, 4) is 17.2 Å². The van der Waals surface area contributed by atoms with Gasteiger partial charge in [-0.05, 0) is 67.8 Å². The molecule has 0 saturated carbocycles. The molecule has 1 aliphatic rings. The molecule has 180 valence electrons. The molecule has 0 radical (unpaired) electrons. The van der Waals surface area contributed by atoms with Gasteiger partial charge in [0.05, 0.1) is 25.5 Å². The zero-order chi connectivity index (χ0) is 24.5. The van der Waals surface area contributed by atoms with Gasteiger partial charge in [0.2, 0.25) is 0 Å². The fourth-order valence-corrected chi connectivity index (χ4v) is 3.30. The number of amides is 4. The Bertz CT molecular complexity index is 1060. The van der Waals surface area contributed by atoms with Gasteiger partial charge in [0.25, 0.3) is 11.8 Å². The first-order valence-electron chi connectivity index (χ1n) is 11.5.